The molecule has 8 heteroatoms. The van der Waals surface area contributed by atoms with Crippen LogP contribution in [0.2, 0.25) is 0 Å². The predicted molar refractivity (Wildman–Crippen MR) is 85.7 cm³/mol. The number of aryl methyl sites for hydroxylation is 1. The summed E-state index contributed by atoms with van der Waals surface area (Å²) in [7, 11) is 0. The quantitative estimate of drug-likeness (QED) is 0.756. The van der Waals surface area contributed by atoms with Gasteiger partial charge in [0.15, 0.2) is 11.6 Å². The molecule has 3 heterocycles. The van der Waals surface area contributed by atoms with Crippen molar-refractivity contribution in [3.05, 3.63) is 29.8 Å². The second kappa shape index (κ2) is 5.72. The minimum atomic E-state index is -0.950. The molecule has 0 bridgehead atoms. The fraction of sp³-hybridized carbons (Fsp3) is 0.375. The number of aromatic nitrogens is 5. The zero-order chi connectivity index (χ0) is 16.7. The summed E-state index contributed by atoms with van der Waals surface area (Å²) in [5.41, 5.74) is 2.57. The van der Waals surface area contributed by atoms with Gasteiger partial charge in [-0.1, -0.05) is 0 Å². The first-order valence-corrected chi connectivity index (χ1v) is 7.81. The Labute approximate surface area is 137 Å². The van der Waals surface area contributed by atoms with Crippen LogP contribution in [0.3, 0.4) is 0 Å². The van der Waals surface area contributed by atoms with E-state index in [-0.39, 0.29) is 12.5 Å². The Bertz CT molecular complexity index is 908. The Hall–Kier alpha value is -2.74. The van der Waals surface area contributed by atoms with Crippen molar-refractivity contribution in [1.29, 1.82) is 0 Å². The van der Waals surface area contributed by atoms with E-state index in [1.54, 1.807) is 0 Å². The van der Waals surface area contributed by atoms with Crippen molar-refractivity contribution >= 4 is 17.0 Å². The van der Waals surface area contributed by atoms with Gasteiger partial charge in [0.1, 0.15) is 12.4 Å². The van der Waals surface area contributed by atoms with Gasteiger partial charge in [-0.25, -0.2) is 14.6 Å². The molecular formula is C16H17N5O3. The number of fused-ring (bicyclic) bond motifs is 1. The van der Waals surface area contributed by atoms with E-state index in [4.69, 9.17) is 9.84 Å². The van der Waals surface area contributed by atoms with Crippen molar-refractivity contribution in [2.24, 2.45) is 0 Å². The van der Waals surface area contributed by atoms with E-state index in [0.717, 1.165) is 28.8 Å². The third kappa shape index (κ3) is 2.65. The number of carboxylic acid groups (broad SMARTS) is 1. The molecule has 1 atom stereocenters. The first-order chi connectivity index (χ1) is 11.6. The Morgan fingerprint density at radius 3 is 3.08 bits per heavy atom. The van der Waals surface area contributed by atoms with Gasteiger partial charge in [-0.05, 0) is 31.5 Å². The van der Waals surface area contributed by atoms with Crippen molar-refractivity contribution < 1.29 is 14.6 Å². The van der Waals surface area contributed by atoms with Gasteiger partial charge in [0.25, 0.3) is 0 Å². The van der Waals surface area contributed by atoms with E-state index in [1.807, 2.05) is 25.1 Å². The summed E-state index contributed by atoms with van der Waals surface area (Å²) in [6.45, 7) is 2.93. The van der Waals surface area contributed by atoms with Gasteiger partial charge >= 0.3 is 5.97 Å². The molecule has 2 N–H and O–H groups in total. The number of hydrogen-bond acceptors (Lipinski definition) is 5. The SMILES string of the molecule is Cc1nc2ccc(-c3nc([C@H]4CCOC4)nn3CC(=O)O)cc2[nH]1. The van der Waals surface area contributed by atoms with Gasteiger partial charge in [0.05, 0.1) is 17.6 Å². The molecule has 1 fully saturated rings. The molecule has 0 amide bonds. The smallest absolute Gasteiger partial charge is 0.325 e. The Balaban J connectivity index is 1.79. The number of H-pyrrole nitrogens is 1. The summed E-state index contributed by atoms with van der Waals surface area (Å²) < 4.78 is 6.83. The highest BCUT2D eigenvalue weighted by Gasteiger charge is 2.24. The molecule has 1 saturated heterocycles. The van der Waals surface area contributed by atoms with Crippen molar-refractivity contribution in [2.45, 2.75) is 25.8 Å². The molecular weight excluding hydrogens is 310 g/mol. The van der Waals surface area contributed by atoms with Crippen molar-refractivity contribution in [2.75, 3.05) is 13.2 Å². The third-order valence-corrected chi connectivity index (χ3v) is 4.13. The number of carboxylic acids is 1. The lowest BCUT2D eigenvalue weighted by Crippen LogP contribution is -2.12. The van der Waals surface area contributed by atoms with Crippen LogP contribution in [0.25, 0.3) is 22.4 Å². The minimum absolute atomic E-state index is 0.122. The molecule has 0 radical (unpaired) electrons. The van der Waals surface area contributed by atoms with Crippen LogP contribution in [0.15, 0.2) is 18.2 Å². The molecule has 124 valence electrons. The standard InChI is InChI=1S/C16H17N5O3/c1-9-17-12-3-2-10(6-13(12)18-9)16-19-15(11-4-5-24-8-11)20-21(16)7-14(22)23/h2-3,6,11H,4-5,7-8H2,1H3,(H,17,18)(H,22,23)/t11-/m0/s1. The average Bonchev–Trinajstić information content (AvgIpc) is 3.23. The fourth-order valence-corrected chi connectivity index (χ4v) is 3.00. The number of benzene rings is 1. The number of nitrogens with zero attached hydrogens (tertiary/aromatic N) is 4. The Morgan fingerprint density at radius 1 is 1.46 bits per heavy atom. The van der Waals surface area contributed by atoms with E-state index >= 15 is 0 Å². The zero-order valence-electron chi connectivity index (χ0n) is 13.2. The Kier molecular flexibility index (Phi) is 3.53. The van der Waals surface area contributed by atoms with Crippen LogP contribution in [0.4, 0.5) is 0 Å². The second-order valence-corrected chi connectivity index (χ2v) is 5.96. The monoisotopic (exact) mass is 327 g/mol. The lowest BCUT2D eigenvalue weighted by atomic mass is 10.1. The van der Waals surface area contributed by atoms with Crippen LogP contribution in [0, 0.1) is 6.92 Å². The summed E-state index contributed by atoms with van der Waals surface area (Å²) in [5.74, 6) is 1.20. The fourth-order valence-electron chi connectivity index (χ4n) is 3.00. The highest BCUT2D eigenvalue weighted by Crippen LogP contribution is 2.27. The van der Waals surface area contributed by atoms with Crippen LogP contribution < -0.4 is 0 Å². The van der Waals surface area contributed by atoms with Crippen LogP contribution >= 0.6 is 0 Å². The van der Waals surface area contributed by atoms with Gasteiger partial charge in [-0.15, -0.1) is 0 Å². The number of ether oxygens (including phenoxy) is 1. The number of nitrogens with one attached hydrogen (secondary N) is 1. The van der Waals surface area contributed by atoms with Gasteiger partial charge in [0.2, 0.25) is 0 Å². The molecule has 1 aliphatic rings. The molecule has 4 rings (SSSR count). The highest BCUT2D eigenvalue weighted by molar-refractivity contribution is 5.80. The normalized spacial score (nSPS) is 17.6. The number of aromatic amines is 1. The maximum Gasteiger partial charge on any atom is 0.325 e. The van der Waals surface area contributed by atoms with Gasteiger partial charge in [0, 0.05) is 18.1 Å². The number of aliphatic carboxylic acids is 1. The lowest BCUT2D eigenvalue weighted by molar-refractivity contribution is -0.137. The summed E-state index contributed by atoms with van der Waals surface area (Å²) in [5, 5.41) is 13.6. The molecule has 1 aliphatic heterocycles. The van der Waals surface area contributed by atoms with Crippen molar-refractivity contribution in [3.63, 3.8) is 0 Å². The average molecular weight is 327 g/mol. The summed E-state index contributed by atoms with van der Waals surface area (Å²) in [6, 6.07) is 5.71. The highest BCUT2D eigenvalue weighted by atomic mass is 16.5. The largest absolute Gasteiger partial charge is 0.480 e. The third-order valence-electron chi connectivity index (χ3n) is 4.13. The van der Waals surface area contributed by atoms with Gasteiger partial charge in [-0.2, -0.15) is 5.10 Å². The maximum absolute atomic E-state index is 11.2. The van der Waals surface area contributed by atoms with E-state index in [2.05, 4.69) is 20.1 Å². The summed E-state index contributed by atoms with van der Waals surface area (Å²) in [4.78, 5) is 23.3. The van der Waals surface area contributed by atoms with Gasteiger partial charge < -0.3 is 14.8 Å². The molecule has 1 aromatic carbocycles. The van der Waals surface area contributed by atoms with E-state index in [9.17, 15) is 4.79 Å². The number of rotatable bonds is 4. The van der Waals surface area contributed by atoms with Crippen LogP contribution in [0.1, 0.15) is 24.0 Å². The first kappa shape index (κ1) is 14.8. The molecule has 0 unspecified atom stereocenters. The predicted octanol–water partition coefficient (Wildman–Crippen LogP) is 1.72. The van der Waals surface area contributed by atoms with Crippen LogP contribution in [-0.4, -0.2) is 49.0 Å². The van der Waals surface area contributed by atoms with E-state index in [1.165, 1.54) is 4.68 Å². The summed E-state index contributed by atoms with van der Waals surface area (Å²) in [6.07, 6.45) is 0.856. The number of hydrogen-bond donors (Lipinski definition) is 2. The van der Waals surface area contributed by atoms with Crippen LogP contribution in [0.5, 0.6) is 0 Å². The van der Waals surface area contributed by atoms with E-state index < -0.39 is 5.97 Å². The van der Waals surface area contributed by atoms with E-state index in [0.29, 0.717) is 24.9 Å². The van der Waals surface area contributed by atoms with Crippen molar-refractivity contribution in [1.82, 2.24) is 24.7 Å². The molecule has 3 aromatic rings. The minimum Gasteiger partial charge on any atom is -0.480 e. The first-order valence-electron chi connectivity index (χ1n) is 7.81. The Morgan fingerprint density at radius 2 is 2.33 bits per heavy atom. The molecule has 2 aromatic heterocycles. The lowest BCUT2D eigenvalue weighted by Gasteiger charge is -2.03. The van der Waals surface area contributed by atoms with Gasteiger partial charge in [-0.3, -0.25) is 4.79 Å². The van der Waals surface area contributed by atoms with Crippen molar-refractivity contribution in [3.8, 4) is 11.4 Å². The molecule has 0 aliphatic carbocycles. The maximum atomic E-state index is 11.2. The summed E-state index contributed by atoms with van der Waals surface area (Å²) >= 11 is 0. The zero-order valence-corrected chi connectivity index (χ0v) is 13.2. The molecule has 0 spiro atoms. The second-order valence-electron chi connectivity index (χ2n) is 5.96. The molecule has 0 saturated carbocycles. The molecule has 8 nitrogen and oxygen atoms in total. The van der Waals surface area contributed by atoms with Crippen LogP contribution in [-0.2, 0) is 16.1 Å². The topological polar surface area (TPSA) is 106 Å². The molecule has 24 heavy (non-hydrogen) atoms. The number of carbonyl (C=O) groups is 1. The number of imidazole rings is 1.